The molecule has 3 nitrogen and oxygen atoms in total. The van der Waals surface area contributed by atoms with E-state index in [-0.39, 0.29) is 11.4 Å². The lowest BCUT2D eigenvalue weighted by Crippen LogP contribution is -1.97. The van der Waals surface area contributed by atoms with Crippen LogP contribution in [0, 0.1) is 5.82 Å². The summed E-state index contributed by atoms with van der Waals surface area (Å²) in [5, 5.41) is 9.56. The van der Waals surface area contributed by atoms with Gasteiger partial charge in [0, 0.05) is 22.6 Å². The molecule has 2 aromatic rings. The lowest BCUT2D eigenvalue weighted by Gasteiger charge is -2.02. The fraction of sp³-hybridized carbons (Fsp3) is 0.143. The third-order valence-electron chi connectivity index (χ3n) is 2.40. The molecule has 2 rings (SSSR count). The molecule has 0 amide bonds. The van der Waals surface area contributed by atoms with Gasteiger partial charge in [0.15, 0.2) is 0 Å². The maximum atomic E-state index is 12.7. The van der Waals surface area contributed by atoms with E-state index in [1.807, 2.05) is 0 Å². The van der Waals surface area contributed by atoms with Crippen molar-refractivity contribution in [3.8, 4) is 0 Å². The Morgan fingerprint density at radius 2 is 1.80 bits per heavy atom. The van der Waals surface area contributed by atoms with Crippen LogP contribution in [0.5, 0.6) is 0 Å². The molecule has 0 unspecified atom stereocenters. The van der Waals surface area contributed by atoms with Crippen molar-refractivity contribution in [2.45, 2.75) is 9.92 Å². The van der Waals surface area contributed by atoms with Gasteiger partial charge in [-0.15, -0.1) is 23.5 Å². The van der Waals surface area contributed by atoms with Crippen LogP contribution in [0.4, 0.5) is 4.39 Å². The molecule has 1 aromatic carbocycles. The number of carboxylic acids is 1. The Hall–Kier alpha value is -1.53. The van der Waals surface area contributed by atoms with Crippen LogP contribution in [-0.4, -0.2) is 27.6 Å². The van der Waals surface area contributed by atoms with Gasteiger partial charge in [0.1, 0.15) is 5.82 Å². The molecule has 1 N–H and O–H groups in total. The van der Waals surface area contributed by atoms with E-state index in [1.54, 1.807) is 47.8 Å². The number of benzene rings is 1. The molecule has 0 aliphatic rings. The summed E-state index contributed by atoms with van der Waals surface area (Å²) in [6, 6.07) is 9.65. The highest BCUT2D eigenvalue weighted by Crippen LogP contribution is 2.22. The Balaban J connectivity index is 1.75. The molecular weight excluding hydrogens is 297 g/mol. The van der Waals surface area contributed by atoms with Gasteiger partial charge in [0.25, 0.3) is 0 Å². The normalized spacial score (nSPS) is 10.4. The maximum absolute atomic E-state index is 12.7. The predicted octanol–water partition coefficient (Wildman–Crippen LogP) is 3.80. The van der Waals surface area contributed by atoms with Crippen LogP contribution in [0.2, 0.25) is 0 Å². The monoisotopic (exact) mass is 309 g/mol. The summed E-state index contributed by atoms with van der Waals surface area (Å²) in [6.07, 6.45) is 1.36. The Kier molecular flexibility index (Phi) is 5.43. The van der Waals surface area contributed by atoms with Gasteiger partial charge in [0.2, 0.25) is 0 Å². The van der Waals surface area contributed by atoms with Gasteiger partial charge in [-0.3, -0.25) is 0 Å². The highest BCUT2D eigenvalue weighted by molar-refractivity contribution is 8.02. The van der Waals surface area contributed by atoms with E-state index in [0.717, 1.165) is 21.4 Å². The molecule has 0 radical (unpaired) electrons. The number of carbonyl (C=O) groups is 1. The number of hydrogen-bond donors (Lipinski definition) is 1. The topological polar surface area (TPSA) is 50.2 Å². The molecule has 20 heavy (non-hydrogen) atoms. The zero-order valence-corrected chi connectivity index (χ0v) is 12.1. The predicted molar refractivity (Wildman–Crippen MR) is 79.0 cm³/mol. The van der Waals surface area contributed by atoms with Crippen LogP contribution in [0.15, 0.2) is 52.5 Å². The van der Waals surface area contributed by atoms with Gasteiger partial charge in [-0.05, 0) is 36.4 Å². The van der Waals surface area contributed by atoms with Crippen LogP contribution < -0.4 is 0 Å². The minimum Gasteiger partial charge on any atom is -0.478 e. The molecular formula is C14H12FNO2S2. The quantitative estimate of drug-likeness (QED) is 0.649. The smallest absolute Gasteiger partial charge is 0.337 e. The van der Waals surface area contributed by atoms with Crippen molar-refractivity contribution in [2.75, 3.05) is 11.5 Å². The Morgan fingerprint density at radius 1 is 1.10 bits per heavy atom. The third-order valence-corrected chi connectivity index (χ3v) is 4.62. The first kappa shape index (κ1) is 14.9. The second-order valence-electron chi connectivity index (χ2n) is 3.84. The molecule has 0 aliphatic carbocycles. The molecule has 1 heterocycles. The number of aromatic nitrogens is 1. The van der Waals surface area contributed by atoms with Crippen molar-refractivity contribution in [3.63, 3.8) is 0 Å². The van der Waals surface area contributed by atoms with Crippen molar-refractivity contribution >= 4 is 29.5 Å². The Labute approximate surface area is 124 Å². The standard InChI is InChI=1S/C14H12FNO2S2/c15-11-2-4-12(5-3-11)19-7-8-20-13-6-1-10(9-16-13)14(17)18/h1-6,9H,7-8H2,(H,17,18). The fourth-order valence-electron chi connectivity index (χ4n) is 1.43. The number of nitrogens with zero attached hydrogens (tertiary/aromatic N) is 1. The van der Waals surface area contributed by atoms with Crippen molar-refractivity contribution in [1.82, 2.24) is 4.98 Å². The summed E-state index contributed by atoms with van der Waals surface area (Å²) in [7, 11) is 0. The summed E-state index contributed by atoms with van der Waals surface area (Å²) < 4.78 is 12.7. The number of hydrogen-bond acceptors (Lipinski definition) is 4. The zero-order valence-electron chi connectivity index (χ0n) is 10.5. The van der Waals surface area contributed by atoms with E-state index in [0.29, 0.717) is 0 Å². The van der Waals surface area contributed by atoms with E-state index in [1.165, 1.54) is 18.3 Å². The zero-order chi connectivity index (χ0) is 14.4. The first-order valence-corrected chi connectivity index (χ1v) is 7.83. The number of aromatic carboxylic acids is 1. The number of rotatable bonds is 6. The van der Waals surface area contributed by atoms with E-state index >= 15 is 0 Å². The average Bonchev–Trinajstić information content (AvgIpc) is 2.46. The SMILES string of the molecule is O=C(O)c1ccc(SCCSc2ccc(F)cc2)nc1. The van der Waals surface area contributed by atoms with E-state index in [4.69, 9.17) is 5.11 Å². The van der Waals surface area contributed by atoms with Crippen molar-refractivity contribution in [3.05, 3.63) is 54.0 Å². The van der Waals surface area contributed by atoms with Gasteiger partial charge >= 0.3 is 5.97 Å². The molecule has 1 aromatic heterocycles. The molecule has 104 valence electrons. The largest absolute Gasteiger partial charge is 0.478 e. The second kappa shape index (κ2) is 7.31. The van der Waals surface area contributed by atoms with Crippen molar-refractivity contribution < 1.29 is 14.3 Å². The molecule has 0 bridgehead atoms. The van der Waals surface area contributed by atoms with E-state index < -0.39 is 5.97 Å². The molecule has 0 saturated heterocycles. The number of carboxylic acid groups (broad SMARTS) is 1. The minimum absolute atomic E-state index is 0.190. The number of pyridine rings is 1. The number of thioether (sulfide) groups is 2. The highest BCUT2D eigenvalue weighted by atomic mass is 32.2. The van der Waals surface area contributed by atoms with Crippen LogP contribution in [0.1, 0.15) is 10.4 Å². The molecule has 6 heteroatoms. The van der Waals surface area contributed by atoms with E-state index in [9.17, 15) is 9.18 Å². The van der Waals surface area contributed by atoms with Gasteiger partial charge in [-0.2, -0.15) is 0 Å². The molecule has 0 atom stereocenters. The fourth-order valence-corrected chi connectivity index (χ4v) is 3.16. The summed E-state index contributed by atoms with van der Waals surface area (Å²) in [4.78, 5) is 15.8. The van der Waals surface area contributed by atoms with Crippen molar-refractivity contribution in [1.29, 1.82) is 0 Å². The first-order valence-electron chi connectivity index (χ1n) is 5.85. The maximum Gasteiger partial charge on any atom is 0.337 e. The number of halogens is 1. The van der Waals surface area contributed by atoms with Crippen LogP contribution in [0.25, 0.3) is 0 Å². The summed E-state index contributed by atoms with van der Waals surface area (Å²) in [5.74, 6) is 0.521. The van der Waals surface area contributed by atoms with Gasteiger partial charge < -0.3 is 5.11 Å². The van der Waals surface area contributed by atoms with Crippen LogP contribution in [0.3, 0.4) is 0 Å². The Morgan fingerprint density at radius 3 is 2.40 bits per heavy atom. The van der Waals surface area contributed by atoms with Gasteiger partial charge in [-0.1, -0.05) is 0 Å². The first-order chi connectivity index (χ1) is 9.65. The third kappa shape index (κ3) is 4.54. The molecule has 0 aliphatic heterocycles. The van der Waals surface area contributed by atoms with Crippen molar-refractivity contribution in [2.24, 2.45) is 0 Å². The average molecular weight is 309 g/mol. The molecule has 0 fully saturated rings. The lowest BCUT2D eigenvalue weighted by molar-refractivity contribution is 0.0696. The molecule has 0 saturated carbocycles. The molecule has 0 spiro atoms. The highest BCUT2D eigenvalue weighted by Gasteiger charge is 2.03. The summed E-state index contributed by atoms with van der Waals surface area (Å²) in [5.41, 5.74) is 0.190. The van der Waals surface area contributed by atoms with Gasteiger partial charge in [0.05, 0.1) is 10.6 Å². The van der Waals surface area contributed by atoms with Crippen LogP contribution >= 0.6 is 23.5 Å². The lowest BCUT2D eigenvalue weighted by atomic mass is 10.3. The Bertz CT molecular complexity index is 573. The van der Waals surface area contributed by atoms with E-state index in [2.05, 4.69) is 4.98 Å². The van der Waals surface area contributed by atoms with Crippen LogP contribution in [-0.2, 0) is 0 Å². The summed E-state index contributed by atoms with van der Waals surface area (Å²) in [6.45, 7) is 0. The van der Waals surface area contributed by atoms with Gasteiger partial charge in [-0.25, -0.2) is 14.2 Å². The minimum atomic E-state index is -0.971. The summed E-state index contributed by atoms with van der Waals surface area (Å²) >= 11 is 3.21. The second-order valence-corrected chi connectivity index (χ2v) is 6.12.